The van der Waals surface area contributed by atoms with E-state index in [9.17, 15) is 9.59 Å². The van der Waals surface area contributed by atoms with Gasteiger partial charge in [0.05, 0.1) is 34.8 Å². The van der Waals surface area contributed by atoms with Gasteiger partial charge in [0.2, 0.25) is 5.91 Å². The maximum absolute atomic E-state index is 13.4. The Labute approximate surface area is 226 Å². The van der Waals surface area contributed by atoms with Crippen molar-refractivity contribution in [3.63, 3.8) is 0 Å². The number of aryl methyl sites for hydroxylation is 1. The highest BCUT2D eigenvalue weighted by Crippen LogP contribution is 2.28. The van der Waals surface area contributed by atoms with Crippen LogP contribution in [-0.2, 0) is 16.8 Å². The van der Waals surface area contributed by atoms with Crippen molar-refractivity contribution < 1.29 is 14.0 Å². The van der Waals surface area contributed by atoms with Crippen LogP contribution in [0.3, 0.4) is 0 Å². The molecule has 4 aromatic rings. The second-order valence-electron chi connectivity index (χ2n) is 9.78. The molecule has 0 atom stereocenters. The Hall–Kier alpha value is -3.55. The number of nitrogens with one attached hydrogen (secondary N) is 1. The van der Waals surface area contributed by atoms with Crippen molar-refractivity contribution in [2.75, 3.05) is 11.9 Å². The van der Waals surface area contributed by atoms with Gasteiger partial charge in [-0.15, -0.1) is 0 Å². The molecule has 192 valence electrons. The number of halogens is 2. The van der Waals surface area contributed by atoms with Gasteiger partial charge in [0.15, 0.2) is 0 Å². The molecular formula is C28H28Cl2N4O3. The second kappa shape index (κ2) is 10.8. The first-order valence-corrected chi connectivity index (χ1v) is 12.5. The molecule has 37 heavy (non-hydrogen) atoms. The lowest BCUT2D eigenvalue weighted by Crippen LogP contribution is -2.38. The number of benzene rings is 2. The zero-order valence-corrected chi connectivity index (χ0v) is 22.6. The van der Waals surface area contributed by atoms with E-state index in [-0.39, 0.29) is 35.0 Å². The van der Waals surface area contributed by atoms with Gasteiger partial charge >= 0.3 is 0 Å². The van der Waals surface area contributed by atoms with E-state index >= 15 is 0 Å². The van der Waals surface area contributed by atoms with Crippen molar-refractivity contribution in [2.24, 2.45) is 0 Å². The monoisotopic (exact) mass is 538 g/mol. The standard InChI is InChI=1S/C28H28Cl2N4O3/c1-18-8-5-6-10-23(18)34-25(15-24(32-34)28(2,3)4)31-26(35)17-33(16-20-9-7-13-37-20)27(36)21-12-11-19(29)14-22(21)30/h5-15H,16-17H2,1-4H3,(H,31,35). The van der Waals surface area contributed by atoms with Crippen molar-refractivity contribution in [2.45, 2.75) is 39.7 Å². The predicted octanol–water partition coefficient (Wildman–Crippen LogP) is 6.66. The summed E-state index contributed by atoms with van der Waals surface area (Å²) in [5, 5.41) is 8.35. The Morgan fingerprint density at radius 3 is 2.46 bits per heavy atom. The van der Waals surface area contributed by atoms with Gasteiger partial charge in [0.1, 0.15) is 18.1 Å². The smallest absolute Gasteiger partial charge is 0.256 e. The lowest BCUT2D eigenvalue weighted by atomic mass is 9.92. The van der Waals surface area contributed by atoms with E-state index in [0.29, 0.717) is 16.6 Å². The number of para-hydroxylation sites is 1. The molecule has 0 bridgehead atoms. The molecule has 1 N–H and O–H groups in total. The van der Waals surface area contributed by atoms with Crippen molar-refractivity contribution in [1.29, 1.82) is 0 Å². The first kappa shape index (κ1) is 26.5. The van der Waals surface area contributed by atoms with E-state index in [0.717, 1.165) is 16.9 Å². The van der Waals surface area contributed by atoms with Gasteiger partial charge in [0.25, 0.3) is 5.91 Å². The van der Waals surface area contributed by atoms with E-state index in [4.69, 9.17) is 32.7 Å². The Kier molecular flexibility index (Phi) is 7.76. The molecule has 0 aliphatic carbocycles. The van der Waals surface area contributed by atoms with Crippen molar-refractivity contribution in [3.8, 4) is 5.69 Å². The SMILES string of the molecule is Cc1ccccc1-n1nc(C(C)(C)C)cc1NC(=O)CN(Cc1ccco1)C(=O)c1ccc(Cl)cc1Cl. The maximum Gasteiger partial charge on any atom is 0.256 e. The number of carbonyl (C=O) groups is 2. The average molecular weight is 539 g/mol. The molecule has 2 aromatic heterocycles. The number of hydrogen-bond acceptors (Lipinski definition) is 4. The number of rotatable bonds is 7. The van der Waals surface area contributed by atoms with Crippen molar-refractivity contribution in [1.82, 2.24) is 14.7 Å². The van der Waals surface area contributed by atoms with Gasteiger partial charge in [-0.3, -0.25) is 9.59 Å². The minimum Gasteiger partial charge on any atom is -0.467 e. The fourth-order valence-corrected chi connectivity index (χ4v) is 4.29. The van der Waals surface area contributed by atoms with Crippen LogP contribution in [0.25, 0.3) is 5.69 Å². The zero-order chi connectivity index (χ0) is 26.7. The van der Waals surface area contributed by atoms with Gasteiger partial charge in [0, 0.05) is 16.5 Å². The summed E-state index contributed by atoms with van der Waals surface area (Å²) in [5.74, 6) is 0.238. The molecule has 0 spiro atoms. The van der Waals surface area contributed by atoms with E-state index in [1.165, 1.54) is 17.2 Å². The van der Waals surface area contributed by atoms with Gasteiger partial charge in [-0.05, 0) is 48.9 Å². The van der Waals surface area contributed by atoms with Crippen LogP contribution in [0, 0.1) is 6.92 Å². The van der Waals surface area contributed by atoms with Crippen LogP contribution >= 0.6 is 23.2 Å². The maximum atomic E-state index is 13.4. The number of furan rings is 1. The molecule has 0 saturated carbocycles. The summed E-state index contributed by atoms with van der Waals surface area (Å²) in [6, 6.07) is 17.8. The molecule has 0 aliphatic heterocycles. The number of aromatic nitrogens is 2. The summed E-state index contributed by atoms with van der Waals surface area (Å²) < 4.78 is 7.16. The number of nitrogens with zero attached hydrogens (tertiary/aromatic N) is 3. The lowest BCUT2D eigenvalue weighted by molar-refractivity contribution is -0.117. The summed E-state index contributed by atoms with van der Waals surface area (Å²) in [6.45, 7) is 8.01. The molecule has 0 saturated heterocycles. The Morgan fingerprint density at radius 2 is 1.81 bits per heavy atom. The van der Waals surface area contributed by atoms with E-state index < -0.39 is 5.91 Å². The summed E-state index contributed by atoms with van der Waals surface area (Å²) >= 11 is 12.3. The first-order chi connectivity index (χ1) is 17.5. The van der Waals surface area contributed by atoms with Crippen LogP contribution in [-0.4, -0.2) is 33.0 Å². The fourth-order valence-electron chi connectivity index (χ4n) is 3.80. The van der Waals surface area contributed by atoms with Gasteiger partial charge in [-0.2, -0.15) is 5.10 Å². The van der Waals surface area contributed by atoms with Crippen molar-refractivity contribution >= 4 is 40.8 Å². The first-order valence-electron chi connectivity index (χ1n) is 11.8. The van der Waals surface area contributed by atoms with Crippen molar-refractivity contribution in [3.05, 3.63) is 99.6 Å². The van der Waals surface area contributed by atoms with Gasteiger partial charge < -0.3 is 14.6 Å². The Balaban J connectivity index is 1.63. The molecule has 2 heterocycles. The molecule has 0 unspecified atom stereocenters. The third-order valence-electron chi connectivity index (χ3n) is 5.80. The molecule has 7 nitrogen and oxygen atoms in total. The molecular weight excluding hydrogens is 511 g/mol. The largest absolute Gasteiger partial charge is 0.467 e. The fraction of sp³-hybridized carbons (Fsp3) is 0.250. The van der Waals surface area contributed by atoms with E-state index in [2.05, 4.69) is 26.1 Å². The minimum atomic E-state index is -0.420. The zero-order valence-electron chi connectivity index (χ0n) is 21.1. The summed E-state index contributed by atoms with van der Waals surface area (Å²) in [5.41, 5.74) is 2.69. The quantitative estimate of drug-likeness (QED) is 0.285. The average Bonchev–Trinajstić information content (AvgIpc) is 3.48. The normalized spacial score (nSPS) is 11.4. The lowest BCUT2D eigenvalue weighted by Gasteiger charge is -2.22. The number of hydrogen-bond donors (Lipinski definition) is 1. The molecule has 2 aromatic carbocycles. The molecule has 2 amide bonds. The molecule has 4 rings (SSSR count). The molecule has 9 heteroatoms. The summed E-state index contributed by atoms with van der Waals surface area (Å²) in [4.78, 5) is 28.1. The summed E-state index contributed by atoms with van der Waals surface area (Å²) in [7, 11) is 0. The highest BCUT2D eigenvalue weighted by atomic mass is 35.5. The highest BCUT2D eigenvalue weighted by Gasteiger charge is 2.25. The number of carbonyl (C=O) groups excluding carboxylic acids is 2. The molecule has 0 aliphatic rings. The number of amides is 2. The van der Waals surface area contributed by atoms with Crippen LogP contribution in [0.5, 0.6) is 0 Å². The highest BCUT2D eigenvalue weighted by molar-refractivity contribution is 6.36. The third-order valence-corrected chi connectivity index (χ3v) is 6.35. The van der Waals surface area contributed by atoms with Gasteiger partial charge in [-0.1, -0.05) is 62.2 Å². The molecule has 0 radical (unpaired) electrons. The number of anilines is 1. The van der Waals surface area contributed by atoms with Crippen LogP contribution in [0.15, 0.2) is 71.3 Å². The van der Waals surface area contributed by atoms with Crippen LogP contribution in [0.1, 0.15) is 48.1 Å². The topological polar surface area (TPSA) is 80.4 Å². The van der Waals surface area contributed by atoms with Crippen LogP contribution < -0.4 is 5.32 Å². The molecule has 0 fully saturated rings. The summed E-state index contributed by atoms with van der Waals surface area (Å²) in [6.07, 6.45) is 1.52. The predicted molar refractivity (Wildman–Crippen MR) is 146 cm³/mol. The van der Waals surface area contributed by atoms with Gasteiger partial charge in [-0.25, -0.2) is 4.68 Å². The van der Waals surface area contributed by atoms with Crippen LogP contribution in [0.2, 0.25) is 10.0 Å². The Morgan fingerprint density at radius 1 is 1.05 bits per heavy atom. The Bertz CT molecular complexity index is 1420. The third kappa shape index (κ3) is 6.24. The van der Waals surface area contributed by atoms with Crippen LogP contribution in [0.4, 0.5) is 5.82 Å². The minimum absolute atomic E-state index is 0.0858. The second-order valence-corrected chi connectivity index (χ2v) is 10.6. The van der Waals surface area contributed by atoms with E-state index in [1.54, 1.807) is 28.9 Å². The van der Waals surface area contributed by atoms with E-state index in [1.807, 2.05) is 37.3 Å².